The first-order valence-electron chi connectivity index (χ1n) is 20.3. The van der Waals surface area contributed by atoms with E-state index in [1.165, 1.54) is 0 Å². The van der Waals surface area contributed by atoms with Crippen molar-refractivity contribution in [2.45, 2.75) is 123 Å². The first-order chi connectivity index (χ1) is 27.8. The smallest absolute Gasteiger partial charge is 0.337 e. The lowest BCUT2D eigenvalue weighted by Crippen LogP contribution is -2.60. The lowest BCUT2D eigenvalue weighted by Gasteiger charge is -2.56. The van der Waals surface area contributed by atoms with E-state index in [1.807, 2.05) is 0 Å². The molecule has 13 heteroatoms. The number of amides is 2. The highest BCUT2D eigenvalue weighted by Crippen LogP contribution is 2.59. The maximum atomic E-state index is 13.2. The lowest BCUT2D eigenvalue weighted by atomic mass is 9.59. The molecular formula is C47H51Cl4N3O6. The molecule has 7 rings (SSSR count). The number of allylic oxidation sites excluding steroid dienone is 4. The molecule has 318 valence electrons. The molecule has 2 amide bonds. The van der Waals surface area contributed by atoms with Crippen LogP contribution >= 0.6 is 46.4 Å². The summed E-state index contributed by atoms with van der Waals surface area (Å²) in [5, 5.41) is 11.1. The van der Waals surface area contributed by atoms with Gasteiger partial charge in [-0.05, 0) is 124 Å². The fraction of sp³-hybridized carbons (Fsp3) is 0.447. The van der Waals surface area contributed by atoms with Crippen LogP contribution in [0.2, 0.25) is 20.1 Å². The highest BCUT2D eigenvalue weighted by Gasteiger charge is 2.51. The summed E-state index contributed by atoms with van der Waals surface area (Å²) in [6, 6.07) is 4.40. The molecule has 60 heavy (non-hydrogen) atoms. The van der Waals surface area contributed by atoms with Crippen LogP contribution < -0.4 is 4.90 Å². The topological polar surface area (TPSA) is 107 Å². The number of rotatable bonds is 9. The summed E-state index contributed by atoms with van der Waals surface area (Å²) in [6.07, 6.45) is 11.2. The second-order valence-electron chi connectivity index (χ2n) is 18.4. The van der Waals surface area contributed by atoms with Crippen LogP contribution in [-0.2, 0) is 24.6 Å². The highest BCUT2D eigenvalue weighted by molar-refractivity contribution is 6.53. The molecule has 0 bridgehead atoms. The van der Waals surface area contributed by atoms with E-state index in [-0.39, 0.29) is 61.6 Å². The van der Waals surface area contributed by atoms with Gasteiger partial charge in [0.25, 0.3) is 11.8 Å². The fourth-order valence-electron chi connectivity index (χ4n) is 10.1. The molecule has 9 nitrogen and oxygen atoms in total. The summed E-state index contributed by atoms with van der Waals surface area (Å²) in [4.78, 5) is 59.5. The molecule has 2 aromatic rings. The van der Waals surface area contributed by atoms with Gasteiger partial charge < -0.3 is 14.8 Å². The molecule has 3 heterocycles. The minimum absolute atomic E-state index is 0.00659. The van der Waals surface area contributed by atoms with Crippen molar-refractivity contribution in [3.8, 4) is 0 Å². The largest absolute Gasteiger partial charge is 0.478 e. The molecule has 5 aliphatic rings. The molecule has 1 fully saturated rings. The molecule has 1 saturated heterocycles. The van der Waals surface area contributed by atoms with E-state index in [1.54, 1.807) is 0 Å². The van der Waals surface area contributed by atoms with E-state index < -0.39 is 34.7 Å². The summed E-state index contributed by atoms with van der Waals surface area (Å²) in [7, 11) is 2.09. The van der Waals surface area contributed by atoms with Gasteiger partial charge in [0, 0.05) is 60.6 Å². The molecule has 1 atom stereocenters. The highest BCUT2D eigenvalue weighted by atomic mass is 35.5. The van der Waals surface area contributed by atoms with Crippen LogP contribution in [-0.4, -0.2) is 69.0 Å². The maximum absolute atomic E-state index is 13.2. The van der Waals surface area contributed by atoms with Crippen molar-refractivity contribution < 1.29 is 29.1 Å². The minimum Gasteiger partial charge on any atom is -0.478 e. The summed E-state index contributed by atoms with van der Waals surface area (Å²) < 4.78 is 0. The van der Waals surface area contributed by atoms with Crippen molar-refractivity contribution >= 4 is 87.0 Å². The molecule has 3 aliphatic heterocycles. The molecule has 2 aliphatic carbocycles. The molecule has 0 saturated carbocycles. The Morgan fingerprint density at radius 3 is 2.02 bits per heavy atom. The Morgan fingerprint density at radius 2 is 1.38 bits per heavy atom. The number of fused-ring (bicyclic) bond motifs is 4. The summed E-state index contributed by atoms with van der Waals surface area (Å²) >= 11 is 27.3. The average molecular weight is 896 g/mol. The summed E-state index contributed by atoms with van der Waals surface area (Å²) in [5.74, 6) is -2.87. The first-order valence-corrected chi connectivity index (χ1v) is 21.8. The quantitative estimate of drug-likeness (QED) is 0.115. The van der Waals surface area contributed by atoms with Gasteiger partial charge in [-0.25, -0.2) is 9.59 Å². The number of halogens is 4. The molecular weight excluding hydrogens is 844 g/mol. The van der Waals surface area contributed by atoms with Crippen molar-refractivity contribution in [3.05, 3.63) is 107 Å². The Kier molecular flexibility index (Phi) is 11.2. The Bertz CT molecular complexity index is 2460. The number of carboxylic acid groups (broad SMARTS) is 1. The third kappa shape index (κ3) is 6.97. The van der Waals surface area contributed by atoms with Gasteiger partial charge in [0.2, 0.25) is 0 Å². The van der Waals surface area contributed by atoms with Crippen molar-refractivity contribution in [2.75, 3.05) is 18.5 Å². The monoisotopic (exact) mass is 893 g/mol. The number of carbonyl (C=O) groups excluding carboxylic acids is 3. The first kappa shape index (κ1) is 44.2. The van der Waals surface area contributed by atoms with Crippen molar-refractivity contribution in [3.63, 3.8) is 0 Å². The summed E-state index contributed by atoms with van der Waals surface area (Å²) in [6.45, 7) is 20.3. The van der Waals surface area contributed by atoms with Crippen LogP contribution in [0.15, 0.2) is 58.7 Å². The Morgan fingerprint density at radius 1 is 0.767 bits per heavy atom. The van der Waals surface area contributed by atoms with E-state index in [0.29, 0.717) is 30.0 Å². The number of carboxylic acids is 1. The number of hydrogen-bond donors (Lipinski definition) is 1. The molecule has 0 aromatic heterocycles. The van der Waals surface area contributed by atoms with E-state index in [0.717, 1.165) is 56.7 Å². The van der Waals surface area contributed by atoms with Crippen LogP contribution in [0.3, 0.4) is 0 Å². The van der Waals surface area contributed by atoms with Crippen LogP contribution in [0.4, 0.5) is 5.69 Å². The standard InChI is InChI=1S/C47H51Cl4N3O6/c1-24-21-44(3,4)52(10)32-20-30-27(18-26(24)32)36(37-38(43(58)59)40(49)42(51)41(50)39(37)48)28-19-29-25(2)22-45(5,6)53(47(29,9)23-31(28)46(30,7)8)17-13-11-12-14-35(57)60-54-33(55)15-16-34(54)56/h18-23H,11-17H2,1-10H3,(H,58,59). The SMILES string of the molecule is CC1=CC(C)(C)N(CCCCCC(=O)ON2C(=O)CCC2=O)C2(C)C=C3C(=C(c4c(Cl)c(Cl)c(Cl)c(Cl)c4C(=O)O)c4cc5c(cc4C3(C)C)N(C)C(C)(C)C=C5C)C=C12. The van der Waals surface area contributed by atoms with Gasteiger partial charge in [0.15, 0.2) is 0 Å². The predicted octanol–water partition coefficient (Wildman–Crippen LogP) is 11.6. The van der Waals surface area contributed by atoms with Crippen LogP contribution in [0.25, 0.3) is 11.1 Å². The van der Waals surface area contributed by atoms with Crippen molar-refractivity contribution in [2.24, 2.45) is 0 Å². The number of carbonyl (C=O) groups is 4. The summed E-state index contributed by atoms with van der Waals surface area (Å²) in [5.41, 5.74) is 7.74. The number of likely N-dealkylation sites (N-methyl/N-ethyl adjacent to an activating group) is 1. The normalized spacial score (nSPS) is 22.6. The predicted molar refractivity (Wildman–Crippen MR) is 240 cm³/mol. The Labute approximate surface area is 372 Å². The average Bonchev–Trinajstić information content (AvgIpc) is 3.47. The van der Waals surface area contributed by atoms with Crippen LogP contribution in [0.1, 0.15) is 133 Å². The molecule has 0 spiro atoms. The maximum Gasteiger partial charge on any atom is 0.337 e. The number of imide groups is 1. The van der Waals surface area contributed by atoms with Crippen LogP contribution in [0.5, 0.6) is 0 Å². The zero-order valence-corrected chi connectivity index (χ0v) is 38.8. The van der Waals surface area contributed by atoms with Gasteiger partial charge >= 0.3 is 11.9 Å². The second kappa shape index (κ2) is 15.2. The van der Waals surface area contributed by atoms with Crippen LogP contribution in [0, 0.1) is 0 Å². The number of nitrogens with zero attached hydrogens (tertiary/aromatic N) is 3. The molecule has 1 unspecified atom stereocenters. The van der Waals surface area contributed by atoms with Gasteiger partial charge in [-0.3, -0.25) is 14.5 Å². The lowest BCUT2D eigenvalue weighted by molar-refractivity contribution is -0.197. The zero-order valence-electron chi connectivity index (χ0n) is 35.8. The van der Waals surface area contributed by atoms with Gasteiger partial charge in [-0.15, -0.1) is 5.06 Å². The van der Waals surface area contributed by atoms with E-state index in [9.17, 15) is 24.3 Å². The number of aromatic carboxylic acids is 1. The minimum atomic E-state index is -1.28. The van der Waals surface area contributed by atoms with E-state index >= 15 is 0 Å². The molecule has 1 N–H and O–H groups in total. The third-order valence-electron chi connectivity index (χ3n) is 13.2. The Hall–Kier alpha value is -3.86. The van der Waals surface area contributed by atoms with E-state index in [2.05, 4.69) is 116 Å². The van der Waals surface area contributed by atoms with Crippen molar-refractivity contribution in [1.29, 1.82) is 0 Å². The Balaban J connectivity index is 1.38. The number of anilines is 1. The van der Waals surface area contributed by atoms with E-state index in [4.69, 9.17) is 51.2 Å². The number of hydrogen-bond acceptors (Lipinski definition) is 7. The second-order valence-corrected chi connectivity index (χ2v) is 19.9. The molecule has 0 radical (unpaired) electrons. The van der Waals surface area contributed by atoms with Gasteiger partial charge in [0.1, 0.15) is 0 Å². The van der Waals surface area contributed by atoms with Gasteiger partial charge in [-0.2, -0.15) is 0 Å². The van der Waals surface area contributed by atoms with Crippen molar-refractivity contribution in [1.82, 2.24) is 9.96 Å². The fourth-order valence-corrected chi connectivity index (χ4v) is 11.2. The number of unbranched alkanes of at least 4 members (excludes halogenated alkanes) is 2. The van der Waals surface area contributed by atoms with Gasteiger partial charge in [-0.1, -0.05) is 84.9 Å². The number of hydroxylamine groups is 2. The third-order valence-corrected chi connectivity index (χ3v) is 15.0. The van der Waals surface area contributed by atoms with Gasteiger partial charge in [0.05, 0.1) is 36.7 Å². The zero-order chi connectivity index (χ0) is 44.2. The molecule has 2 aromatic carbocycles. The number of benzene rings is 2.